The van der Waals surface area contributed by atoms with Crippen molar-refractivity contribution in [3.63, 3.8) is 0 Å². The highest BCUT2D eigenvalue weighted by Crippen LogP contribution is 2.29. The maximum atomic E-state index is 9.51. The maximum absolute atomic E-state index is 9.51. The molecule has 0 unspecified atom stereocenters. The van der Waals surface area contributed by atoms with Crippen LogP contribution in [0.1, 0.15) is 36.8 Å². The largest absolute Gasteiger partial charge is 0.365 e. The number of hydrogen-bond donors (Lipinski definition) is 0. The molecule has 0 saturated heterocycles. The topological polar surface area (TPSA) is 27.0 Å². The zero-order chi connectivity index (χ0) is 15.9. The van der Waals surface area contributed by atoms with E-state index in [1.807, 2.05) is 12.1 Å². The molecule has 3 rings (SSSR count). The fourth-order valence-electron chi connectivity index (χ4n) is 3.21. The minimum absolute atomic E-state index is 0.857. The van der Waals surface area contributed by atoms with Gasteiger partial charge in [-0.3, -0.25) is 0 Å². The first-order chi connectivity index (χ1) is 11.4. The number of rotatable bonds is 5. The first kappa shape index (κ1) is 15.4. The Labute approximate surface area is 138 Å². The van der Waals surface area contributed by atoms with E-state index < -0.39 is 0 Å². The summed E-state index contributed by atoms with van der Waals surface area (Å²) in [6.07, 6.45) is 4.26. The summed E-state index contributed by atoms with van der Waals surface area (Å²) in [5.74, 6) is 0. The van der Waals surface area contributed by atoms with Crippen LogP contribution in [0.15, 0.2) is 71.9 Å². The van der Waals surface area contributed by atoms with E-state index in [1.165, 1.54) is 23.2 Å². The highest BCUT2D eigenvalue weighted by Gasteiger charge is 2.19. The Morgan fingerprint density at radius 2 is 1.30 bits per heavy atom. The normalized spacial score (nSPS) is 14.4. The van der Waals surface area contributed by atoms with E-state index in [4.69, 9.17) is 0 Å². The molecule has 1 aliphatic rings. The summed E-state index contributed by atoms with van der Waals surface area (Å²) in [6, 6.07) is 23.5. The predicted molar refractivity (Wildman–Crippen MR) is 93.2 cm³/mol. The third-order valence-electron chi connectivity index (χ3n) is 4.39. The lowest BCUT2D eigenvalue weighted by Gasteiger charge is -2.31. The number of benzene rings is 2. The van der Waals surface area contributed by atoms with Crippen LogP contribution >= 0.6 is 0 Å². The Hall–Kier alpha value is -2.53. The van der Waals surface area contributed by atoms with Crippen molar-refractivity contribution < 1.29 is 0 Å². The van der Waals surface area contributed by atoms with Crippen LogP contribution in [0.5, 0.6) is 0 Å². The first-order valence-electron chi connectivity index (χ1n) is 8.32. The quantitative estimate of drug-likeness (QED) is 0.773. The van der Waals surface area contributed by atoms with Crippen molar-refractivity contribution in [1.82, 2.24) is 4.90 Å². The van der Waals surface area contributed by atoms with E-state index in [9.17, 15) is 5.26 Å². The Bertz CT molecular complexity index is 654. The molecule has 2 nitrogen and oxygen atoms in total. The first-order valence-corrected chi connectivity index (χ1v) is 8.32. The van der Waals surface area contributed by atoms with E-state index >= 15 is 0 Å². The Kier molecular flexibility index (Phi) is 5.11. The SMILES string of the molecule is N#CC1=C(N(Cc2ccccc2)Cc2ccccc2)CCCC1. The summed E-state index contributed by atoms with van der Waals surface area (Å²) in [6.45, 7) is 1.71. The van der Waals surface area contributed by atoms with Crippen LogP contribution < -0.4 is 0 Å². The molecule has 0 fully saturated rings. The lowest BCUT2D eigenvalue weighted by atomic mass is 9.95. The molecular formula is C21H22N2. The standard InChI is InChI=1S/C21H22N2/c22-15-20-13-7-8-14-21(20)23(16-18-9-3-1-4-10-18)17-19-11-5-2-6-12-19/h1-6,9-12H,7-8,13-14,16-17H2. The van der Waals surface area contributed by atoms with Gasteiger partial charge in [-0.05, 0) is 36.8 Å². The molecule has 2 aromatic rings. The fourth-order valence-corrected chi connectivity index (χ4v) is 3.21. The average Bonchev–Trinajstić information content (AvgIpc) is 2.63. The molecule has 0 N–H and O–H groups in total. The average molecular weight is 302 g/mol. The Morgan fingerprint density at radius 3 is 1.83 bits per heavy atom. The van der Waals surface area contributed by atoms with Crippen molar-refractivity contribution in [3.05, 3.63) is 83.1 Å². The van der Waals surface area contributed by atoms with Crippen molar-refractivity contribution in [2.75, 3.05) is 0 Å². The van der Waals surface area contributed by atoms with Crippen LogP contribution in [-0.4, -0.2) is 4.90 Å². The van der Waals surface area contributed by atoms with Gasteiger partial charge >= 0.3 is 0 Å². The highest BCUT2D eigenvalue weighted by atomic mass is 15.1. The van der Waals surface area contributed by atoms with Gasteiger partial charge < -0.3 is 4.90 Å². The molecule has 23 heavy (non-hydrogen) atoms. The van der Waals surface area contributed by atoms with Gasteiger partial charge in [0.2, 0.25) is 0 Å². The molecule has 0 radical (unpaired) electrons. The predicted octanol–water partition coefficient (Wildman–Crippen LogP) is 5.04. The fraction of sp³-hybridized carbons (Fsp3) is 0.286. The molecule has 1 aliphatic carbocycles. The number of allylic oxidation sites excluding steroid dienone is 2. The second kappa shape index (κ2) is 7.65. The molecule has 0 heterocycles. The van der Waals surface area contributed by atoms with Gasteiger partial charge in [-0.1, -0.05) is 60.7 Å². The lowest BCUT2D eigenvalue weighted by Crippen LogP contribution is -2.25. The molecule has 116 valence electrons. The van der Waals surface area contributed by atoms with E-state index in [2.05, 4.69) is 59.5 Å². The molecule has 2 heteroatoms. The van der Waals surface area contributed by atoms with Gasteiger partial charge in [0.25, 0.3) is 0 Å². The summed E-state index contributed by atoms with van der Waals surface area (Å²) >= 11 is 0. The van der Waals surface area contributed by atoms with Crippen LogP contribution in [0.25, 0.3) is 0 Å². The van der Waals surface area contributed by atoms with Crippen LogP contribution in [0.3, 0.4) is 0 Å². The van der Waals surface area contributed by atoms with Crippen molar-refractivity contribution in [2.24, 2.45) is 0 Å². The summed E-state index contributed by atoms with van der Waals surface area (Å²) in [7, 11) is 0. The third kappa shape index (κ3) is 4.02. The molecule has 2 aromatic carbocycles. The van der Waals surface area contributed by atoms with Gasteiger partial charge in [0.05, 0.1) is 6.07 Å². The second-order valence-corrected chi connectivity index (χ2v) is 6.07. The van der Waals surface area contributed by atoms with E-state index in [1.54, 1.807) is 0 Å². The molecular weight excluding hydrogens is 280 g/mol. The number of hydrogen-bond acceptors (Lipinski definition) is 2. The third-order valence-corrected chi connectivity index (χ3v) is 4.39. The van der Waals surface area contributed by atoms with Crippen LogP contribution in [0.2, 0.25) is 0 Å². The molecule has 0 bridgehead atoms. The summed E-state index contributed by atoms with van der Waals surface area (Å²) in [4.78, 5) is 2.39. The van der Waals surface area contributed by atoms with E-state index in [-0.39, 0.29) is 0 Å². The van der Waals surface area contributed by atoms with Gasteiger partial charge in [-0.2, -0.15) is 5.26 Å². The number of nitrogens with zero attached hydrogens (tertiary/aromatic N) is 2. The van der Waals surface area contributed by atoms with Crippen molar-refractivity contribution in [3.8, 4) is 6.07 Å². The minimum atomic E-state index is 0.857. The monoisotopic (exact) mass is 302 g/mol. The summed E-state index contributed by atoms with van der Waals surface area (Å²) in [5.41, 5.74) is 4.80. The van der Waals surface area contributed by atoms with Crippen LogP contribution in [0, 0.1) is 11.3 Å². The maximum Gasteiger partial charge on any atom is 0.0965 e. The minimum Gasteiger partial charge on any atom is -0.365 e. The second-order valence-electron chi connectivity index (χ2n) is 6.07. The van der Waals surface area contributed by atoms with Crippen molar-refractivity contribution in [2.45, 2.75) is 38.8 Å². The van der Waals surface area contributed by atoms with E-state index in [0.29, 0.717) is 0 Å². The van der Waals surface area contributed by atoms with Gasteiger partial charge in [-0.15, -0.1) is 0 Å². The van der Waals surface area contributed by atoms with Crippen LogP contribution in [0.4, 0.5) is 0 Å². The van der Waals surface area contributed by atoms with Gasteiger partial charge in [0, 0.05) is 24.4 Å². The van der Waals surface area contributed by atoms with Gasteiger partial charge in [0.15, 0.2) is 0 Å². The van der Waals surface area contributed by atoms with Gasteiger partial charge in [0.1, 0.15) is 0 Å². The van der Waals surface area contributed by atoms with Crippen molar-refractivity contribution >= 4 is 0 Å². The van der Waals surface area contributed by atoms with E-state index in [0.717, 1.165) is 37.9 Å². The molecule has 0 amide bonds. The number of nitriles is 1. The molecule has 0 spiro atoms. The lowest BCUT2D eigenvalue weighted by molar-refractivity contribution is 0.304. The smallest absolute Gasteiger partial charge is 0.0965 e. The molecule has 0 atom stereocenters. The Morgan fingerprint density at radius 1 is 0.783 bits per heavy atom. The zero-order valence-electron chi connectivity index (χ0n) is 13.4. The highest BCUT2D eigenvalue weighted by molar-refractivity contribution is 5.30. The summed E-state index contributed by atoms with van der Waals surface area (Å²) < 4.78 is 0. The molecule has 0 aromatic heterocycles. The van der Waals surface area contributed by atoms with Crippen LogP contribution in [-0.2, 0) is 13.1 Å². The summed E-state index contributed by atoms with van der Waals surface area (Å²) in [5, 5.41) is 9.51. The Balaban J connectivity index is 1.89. The van der Waals surface area contributed by atoms with Crippen molar-refractivity contribution in [1.29, 1.82) is 5.26 Å². The zero-order valence-corrected chi connectivity index (χ0v) is 13.4. The molecule has 0 aliphatic heterocycles. The van der Waals surface area contributed by atoms with Gasteiger partial charge in [-0.25, -0.2) is 0 Å². The molecule has 0 saturated carbocycles.